The van der Waals surface area contributed by atoms with Gasteiger partial charge in [-0.1, -0.05) is 41.9 Å². The Labute approximate surface area is 184 Å². The Bertz CT molecular complexity index is 1400. The average Bonchev–Trinajstić information content (AvgIpc) is 3.25. The predicted octanol–water partition coefficient (Wildman–Crippen LogP) is 5.42. The molecule has 0 aliphatic heterocycles. The maximum absolute atomic E-state index is 6.88. The van der Waals surface area contributed by atoms with E-state index in [1.807, 2.05) is 66.2 Å². The van der Waals surface area contributed by atoms with Gasteiger partial charge in [-0.25, -0.2) is 19.9 Å². The second-order valence-electron chi connectivity index (χ2n) is 7.06. The monoisotopic (exact) mass is 427 g/mol. The molecule has 0 spiro atoms. The van der Waals surface area contributed by atoms with Crippen LogP contribution in [0.15, 0.2) is 73.3 Å². The van der Waals surface area contributed by atoms with Crippen LogP contribution in [0.2, 0.25) is 5.02 Å². The quantitative estimate of drug-likeness (QED) is 0.383. The van der Waals surface area contributed by atoms with E-state index in [1.165, 1.54) is 0 Å². The van der Waals surface area contributed by atoms with E-state index in [9.17, 15) is 0 Å². The first-order valence-corrected chi connectivity index (χ1v) is 10.1. The highest BCUT2D eigenvalue weighted by Crippen LogP contribution is 2.40. The second kappa shape index (κ2) is 7.81. The lowest BCUT2D eigenvalue weighted by atomic mass is 10.0. The van der Waals surface area contributed by atoms with Crippen molar-refractivity contribution < 1.29 is 4.74 Å². The number of aryl methyl sites for hydroxylation is 1. The van der Waals surface area contributed by atoms with E-state index in [0.717, 1.165) is 39.0 Å². The molecule has 0 N–H and O–H groups in total. The van der Waals surface area contributed by atoms with Gasteiger partial charge in [0.15, 0.2) is 5.82 Å². The minimum absolute atomic E-state index is 0.492. The number of imidazole rings is 1. The van der Waals surface area contributed by atoms with Gasteiger partial charge in [0.1, 0.15) is 0 Å². The maximum Gasteiger partial charge on any atom is 0.223 e. The van der Waals surface area contributed by atoms with Crippen molar-refractivity contribution in [2.75, 3.05) is 7.11 Å². The van der Waals surface area contributed by atoms with Gasteiger partial charge >= 0.3 is 0 Å². The predicted molar refractivity (Wildman–Crippen MR) is 122 cm³/mol. The standard InChI is InChI=1S/C24H18ClN5O/c1-30-14-26-13-20(30)19-10-11-27-23(28-19)16-8-9-18-17(12-16)22(25)21(24(29-18)31-2)15-6-4-3-5-7-15/h3-14H,1-2H3. The van der Waals surface area contributed by atoms with Crippen LogP contribution in [0.4, 0.5) is 0 Å². The zero-order valence-electron chi connectivity index (χ0n) is 17.0. The van der Waals surface area contributed by atoms with Gasteiger partial charge in [-0.05, 0) is 29.8 Å². The first-order valence-electron chi connectivity index (χ1n) is 9.68. The molecule has 7 heteroatoms. The number of benzene rings is 2. The Morgan fingerprint density at radius 2 is 1.81 bits per heavy atom. The molecule has 152 valence electrons. The molecule has 31 heavy (non-hydrogen) atoms. The molecule has 0 aliphatic carbocycles. The van der Waals surface area contributed by atoms with Gasteiger partial charge in [0.25, 0.3) is 0 Å². The van der Waals surface area contributed by atoms with Crippen molar-refractivity contribution in [2.45, 2.75) is 0 Å². The first kappa shape index (κ1) is 19.2. The van der Waals surface area contributed by atoms with Gasteiger partial charge in [0.05, 0.1) is 47.1 Å². The van der Waals surface area contributed by atoms with Crippen molar-refractivity contribution in [1.82, 2.24) is 24.5 Å². The van der Waals surface area contributed by atoms with Crippen molar-refractivity contribution in [3.05, 3.63) is 78.3 Å². The van der Waals surface area contributed by atoms with Crippen molar-refractivity contribution in [2.24, 2.45) is 7.05 Å². The van der Waals surface area contributed by atoms with Crippen LogP contribution in [-0.2, 0) is 7.05 Å². The molecule has 5 aromatic rings. The highest BCUT2D eigenvalue weighted by atomic mass is 35.5. The molecular weight excluding hydrogens is 410 g/mol. The normalized spacial score (nSPS) is 11.1. The minimum Gasteiger partial charge on any atom is -0.480 e. The van der Waals surface area contributed by atoms with Crippen LogP contribution in [0.25, 0.3) is 44.8 Å². The number of methoxy groups -OCH3 is 1. The summed E-state index contributed by atoms with van der Waals surface area (Å²) in [6.45, 7) is 0. The summed E-state index contributed by atoms with van der Waals surface area (Å²) in [5.41, 5.74) is 5.02. The molecule has 0 aliphatic rings. The lowest BCUT2D eigenvalue weighted by molar-refractivity contribution is 0.401. The third kappa shape index (κ3) is 3.41. The van der Waals surface area contributed by atoms with Crippen LogP contribution in [0.1, 0.15) is 0 Å². The summed E-state index contributed by atoms with van der Waals surface area (Å²) in [7, 11) is 3.53. The number of hydrogen-bond acceptors (Lipinski definition) is 5. The van der Waals surface area contributed by atoms with Crippen LogP contribution in [0.5, 0.6) is 5.88 Å². The van der Waals surface area contributed by atoms with Crippen LogP contribution in [0, 0.1) is 0 Å². The first-order chi connectivity index (χ1) is 15.2. The van der Waals surface area contributed by atoms with Gasteiger partial charge < -0.3 is 9.30 Å². The smallest absolute Gasteiger partial charge is 0.223 e. The van der Waals surface area contributed by atoms with E-state index in [1.54, 1.807) is 25.8 Å². The van der Waals surface area contributed by atoms with E-state index in [4.69, 9.17) is 21.3 Å². The molecule has 6 nitrogen and oxygen atoms in total. The fourth-order valence-corrected chi connectivity index (χ4v) is 3.93. The molecule has 0 unspecified atom stereocenters. The van der Waals surface area contributed by atoms with E-state index >= 15 is 0 Å². The zero-order chi connectivity index (χ0) is 21.4. The van der Waals surface area contributed by atoms with Gasteiger partial charge in [-0.3, -0.25) is 0 Å². The molecule has 0 atom stereocenters. The van der Waals surface area contributed by atoms with Crippen molar-refractivity contribution >= 4 is 22.5 Å². The summed E-state index contributed by atoms with van der Waals surface area (Å²) in [6.07, 6.45) is 5.28. The number of nitrogens with zero attached hydrogens (tertiary/aromatic N) is 5. The fourth-order valence-electron chi connectivity index (χ4n) is 3.59. The van der Waals surface area contributed by atoms with Gasteiger partial charge in [-0.2, -0.15) is 0 Å². The third-order valence-electron chi connectivity index (χ3n) is 5.14. The minimum atomic E-state index is 0.492. The Morgan fingerprint density at radius 3 is 2.55 bits per heavy atom. The van der Waals surface area contributed by atoms with Crippen molar-refractivity contribution in [3.63, 3.8) is 0 Å². The number of halogens is 1. The highest BCUT2D eigenvalue weighted by molar-refractivity contribution is 6.38. The number of aromatic nitrogens is 5. The van der Waals surface area contributed by atoms with E-state index < -0.39 is 0 Å². The number of rotatable bonds is 4. The second-order valence-corrected chi connectivity index (χ2v) is 7.44. The lowest BCUT2D eigenvalue weighted by Gasteiger charge is -2.13. The molecule has 2 aromatic carbocycles. The molecular formula is C24H18ClN5O. The summed E-state index contributed by atoms with van der Waals surface area (Å²) in [5.74, 6) is 1.10. The molecule has 0 saturated heterocycles. The summed E-state index contributed by atoms with van der Waals surface area (Å²) >= 11 is 6.88. The van der Waals surface area contributed by atoms with Gasteiger partial charge in [0, 0.05) is 24.2 Å². The van der Waals surface area contributed by atoms with E-state index in [0.29, 0.717) is 16.7 Å². The lowest BCUT2D eigenvalue weighted by Crippen LogP contribution is -1.97. The highest BCUT2D eigenvalue weighted by Gasteiger charge is 2.17. The van der Waals surface area contributed by atoms with Crippen molar-refractivity contribution in [3.8, 4) is 39.8 Å². The Hall–Kier alpha value is -3.77. The Balaban J connectivity index is 1.67. The number of pyridine rings is 1. The molecule has 0 amide bonds. The molecule has 5 rings (SSSR count). The number of hydrogen-bond donors (Lipinski definition) is 0. The third-order valence-corrected chi connectivity index (χ3v) is 5.53. The van der Waals surface area contributed by atoms with Crippen molar-refractivity contribution in [1.29, 1.82) is 0 Å². The molecule has 3 aromatic heterocycles. The van der Waals surface area contributed by atoms with Gasteiger partial charge in [0.2, 0.25) is 5.88 Å². The van der Waals surface area contributed by atoms with Crippen LogP contribution < -0.4 is 4.74 Å². The fraction of sp³-hybridized carbons (Fsp3) is 0.0833. The molecule has 0 saturated carbocycles. The largest absolute Gasteiger partial charge is 0.480 e. The van der Waals surface area contributed by atoms with E-state index in [2.05, 4.69) is 15.0 Å². The van der Waals surface area contributed by atoms with Crippen LogP contribution in [0.3, 0.4) is 0 Å². The Kier molecular flexibility index (Phi) is 4.84. The summed E-state index contributed by atoms with van der Waals surface area (Å²) in [4.78, 5) is 18.1. The molecule has 0 fully saturated rings. The SMILES string of the molecule is COc1nc2ccc(-c3nccc(-c4cncn4C)n3)cc2c(Cl)c1-c1ccccc1. The van der Waals surface area contributed by atoms with Gasteiger partial charge in [-0.15, -0.1) is 0 Å². The van der Waals surface area contributed by atoms with Crippen LogP contribution in [-0.4, -0.2) is 31.6 Å². The molecule has 0 bridgehead atoms. The van der Waals surface area contributed by atoms with Crippen LogP contribution >= 0.6 is 11.6 Å². The summed E-state index contributed by atoms with van der Waals surface area (Å²) in [6, 6.07) is 17.6. The molecule has 3 heterocycles. The molecule has 0 radical (unpaired) electrons. The van der Waals surface area contributed by atoms with E-state index in [-0.39, 0.29) is 0 Å². The average molecular weight is 428 g/mol. The maximum atomic E-state index is 6.88. The zero-order valence-corrected chi connectivity index (χ0v) is 17.7. The number of fused-ring (bicyclic) bond motifs is 1. The number of ether oxygens (including phenoxy) is 1. The summed E-state index contributed by atoms with van der Waals surface area (Å²) < 4.78 is 7.47. The summed E-state index contributed by atoms with van der Waals surface area (Å²) in [5, 5.41) is 1.39. The Morgan fingerprint density at radius 1 is 0.968 bits per heavy atom. The topological polar surface area (TPSA) is 65.7 Å².